The summed E-state index contributed by atoms with van der Waals surface area (Å²) in [7, 11) is 0. The Bertz CT molecular complexity index is 149. The third-order valence-electron chi connectivity index (χ3n) is 0.835. The van der Waals surface area contributed by atoms with Gasteiger partial charge in [-0.25, -0.2) is 0 Å². The van der Waals surface area contributed by atoms with Crippen LogP contribution in [0.5, 0.6) is 0 Å². The minimum atomic E-state index is -0.179. The van der Waals surface area contributed by atoms with Crippen LogP contribution >= 0.6 is 0 Å². The lowest BCUT2D eigenvalue weighted by Gasteiger charge is -2.07. The largest absolute Gasteiger partial charge is 0.131 e. The second-order valence-corrected chi connectivity index (χ2v) is 2.21. The third-order valence-corrected chi connectivity index (χ3v) is 0.835. The summed E-state index contributed by atoms with van der Waals surface area (Å²) in [5.74, 6) is 2.58. The topological polar surface area (TPSA) is 0 Å². The third kappa shape index (κ3) is 2.29. The molecule has 0 radical (unpaired) electrons. The smallest absolute Gasteiger partial charge is 0.0508 e. The molecule has 0 aliphatic carbocycles. The van der Waals surface area contributed by atoms with Crippen molar-refractivity contribution in [2.24, 2.45) is 5.41 Å². The average molecular weight is 106 g/mol. The molecule has 42 valence electrons. The van der Waals surface area contributed by atoms with E-state index in [0.29, 0.717) is 0 Å². The summed E-state index contributed by atoms with van der Waals surface area (Å²) in [6.45, 7) is 7.29. The van der Waals surface area contributed by atoms with Gasteiger partial charge in [0.15, 0.2) is 0 Å². The van der Waals surface area contributed by atoms with Crippen molar-refractivity contribution in [1.82, 2.24) is 0 Å². The van der Waals surface area contributed by atoms with Crippen molar-refractivity contribution in [3.05, 3.63) is 18.4 Å². The van der Waals surface area contributed by atoms with Crippen LogP contribution in [0.15, 0.2) is 18.4 Å². The molecule has 0 heteroatoms. The first-order valence-electron chi connectivity index (χ1n) is 2.47. The fourth-order valence-corrected chi connectivity index (χ4v) is 0.297. The molecule has 0 aliphatic heterocycles. The van der Waals surface area contributed by atoms with E-state index in [1.807, 2.05) is 13.8 Å². The first-order chi connectivity index (χ1) is 3.62. The highest BCUT2D eigenvalue weighted by Gasteiger charge is 2.06. The van der Waals surface area contributed by atoms with Gasteiger partial charge in [0.25, 0.3) is 0 Å². The predicted molar refractivity (Wildman–Crippen MR) is 36.3 cm³/mol. The molecule has 0 saturated heterocycles. The minimum absolute atomic E-state index is 0.179. The van der Waals surface area contributed by atoms with Gasteiger partial charge in [0.1, 0.15) is 0 Å². The quantitative estimate of drug-likeness (QED) is 0.354. The van der Waals surface area contributed by atoms with Crippen LogP contribution in [0.4, 0.5) is 0 Å². The van der Waals surface area contributed by atoms with Gasteiger partial charge in [0.05, 0.1) is 5.41 Å². The highest BCUT2D eigenvalue weighted by Crippen LogP contribution is 2.12. The van der Waals surface area contributed by atoms with Gasteiger partial charge in [-0.1, -0.05) is 12.5 Å². The summed E-state index contributed by atoms with van der Waals surface area (Å²) in [6, 6.07) is 0. The molecule has 0 saturated carbocycles. The van der Waals surface area contributed by atoms with Crippen molar-refractivity contribution in [3.8, 4) is 12.3 Å². The monoisotopic (exact) mass is 106 g/mol. The van der Waals surface area contributed by atoms with E-state index in [2.05, 4.69) is 18.2 Å². The Hall–Kier alpha value is -0.920. The van der Waals surface area contributed by atoms with Crippen LogP contribution in [0.2, 0.25) is 0 Å². The van der Waals surface area contributed by atoms with Crippen molar-refractivity contribution >= 4 is 0 Å². The molecule has 0 spiro atoms. The molecule has 8 heavy (non-hydrogen) atoms. The molecule has 0 bridgehead atoms. The second-order valence-electron chi connectivity index (χ2n) is 2.21. The van der Waals surface area contributed by atoms with E-state index < -0.39 is 0 Å². The minimum Gasteiger partial charge on any atom is -0.131 e. The molecule has 0 aliphatic rings. The number of rotatable bonds is 1. The Labute approximate surface area is 50.9 Å². The molecule has 0 rings (SSSR count). The highest BCUT2D eigenvalue weighted by atomic mass is 14.1. The maximum atomic E-state index is 5.14. The molecule has 0 heterocycles. The predicted octanol–water partition coefficient (Wildman–Crippen LogP) is 1.99. The number of hydrogen-bond acceptors (Lipinski definition) is 0. The number of allylic oxidation sites excluding steroid dienone is 1. The van der Waals surface area contributed by atoms with Gasteiger partial charge in [-0.05, 0) is 19.9 Å². The first kappa shape index (κ1) is 7.08. The van der Waals surface area contributed by atoms with Crippen molar-refractivity contribution < 1.29 is 0 Å². The SMILES string of the molecule is C#CC(C)(C)C=C=C. The zero-order valence-corrected chi connectivity index (χ0v) is 5.36. The van der Waals surface area contributed by atoms with E-state index in [1.165, 1.54) is 0 Å². The van der Waals surface area contributed by atoms with Crippen LogP contribution in [-0.2, 0) is 0 Å². The van der Waals surface area contributed by atoms with E-state index in [1.54, 1.807) is 6.08 Å². The Balaban J connectivity index is 4.19. The maximum Gasteiger partial charge on any atom is 0.0508 e. The highest BCUT2D eigenvalue weighted by molar-refractivity contribution is 5.11. The van der Waals surface area contributed by atoms with Crippen LogP contribution in [0, 0.1) is 17.8 Å². The van der Waals surface area contributed by atoms with Crippen LogP contribution in [-0.4, -0.2) is 0 Å². The fourth-order valence-electron chi connectivity index (χ4n) is 0.297. The van der Waals surface area contributed by atoms with Gasteiger partial charge in [0, 0.05) is 0 Å². The van der Waals surface area contributed by atoms with E-state index in [9.17, 15) is 0 Å². The van der Waals surface area contributed by atoms with Gasteiger partial charge < -0.3 is 0 Å². The van der Waals surface area contributed by atoms with E-state index in [0.717, 1.165) is 0 Å². The average Bonchev–Trinajstić information content (AvgIpc) is 1.67. The van der Waals surface area contributed by atoms with Crippen LogP contribution in [0.25, 0.3) is 0 Å². The van der Waals surface area contributed by atoms with Crippen LogP contribution < -0.4 is 0 Å². The van der Waals surface area contributed by atoms with Gasteiger partial charge in [-0.15, -0.1) is 12.2 Å². The zero-order valence-electron chi connectivity index (χ0n) is 5.36. The summed E-state index contributed by atoms with van der Waals surface area (Å²) in [4.78, 5) is 0. The molecule has 0 aromatic carbocycles. The molecular weight excluding hydrogens is 96.1 g/mol. The Morgan fingerprint density at radius 2 is 2.12 bits per heavy atom. The number of hydrogen-bond donors (Lipinski definition) is 0. The van der Waals surface area contributed by atoms with Crippen molar-refractivity contribution in [2.45, 2.75) is 13.8 Å². The number of terminal acetylenes is 1. The summed E-state index contributed by atoms with van der Waals surface area (Å²) in [5.41, 5.74) is 2.46. The summed E-state index contributed by atoms with van der Waals surface area (Å²) in [6.07, 6.45) is 6.91. The molecule has 0 N–H and O–H groups in total. The van der Waals surface area contributed by atoms with Crippen LogP contribution in [0.3, 0.4) is 0 Å². The van der Waals surface area contributed by atoms with Crippen molar-refractivity contribution in [1.29, 1.82) is 0 Å². The fraction of sp³-hybridized carbons (Fsp3) is 0.375. The summed E-state index contributed by atoms with van der Waals surface area (Å²) in [5, 5.41) is 0. The van der Waals surface area contributed by atoms with E-state index >= 15 is 0 Å². The molecule has 0 nitrogen and oxygen atoms in total. The van der Waals surface area contributed by atoms with E-state index in [4.69, 9.17) is 6.42 Å². The molecule has 0 fully saturated rings. The normalized spacial score (nSPS) is 9.12. The standard InChI is InChI=1S/C8H10/c1-5-7-8(3,4)6-2/h2,7H,1H2,3-4H3. The second kappa shape index (κ2) is 2.40. The van der Waals surface area contributed by atoms with Crippen molar-refractivity contribution in [3.63, 3.8) is 0 Å². The Kier molecular flexibility index (Phi) is 2.13. The Morgan fingerprint density at radius 1 is 1.62 bits per heavy atom. The summed E-state index contributed by atoms with van der Waals surface area (Å²) >= 11 is 0. The van der Waals surface area contributed by atoms with Gasteiger partial charge >= 0.3 is 0 Å². The van der Waals surface area contributed by atoms with Gasteiger partial charge in [-0.2, -0.15) is 0 Å². The molecule has 0 atom stereocenters. The maximum absolute atomic E-state index is 5.14. The van der Waals surface area contributed by atoms with Gasteiger partial charge in [-0.3, -0.25) is 0 Å². The van der Waals surface area contributed by atoms with Gasteiger partial charge in [0.2, 0.25) is 0 Å². The first-order valence-corrected chi connectivity index (χ1v) is 2.47. The zero-order chi connectivity index (χ0) is 6.62. The lowest BCUT2D eigenvalue weighted by molar-refractivity contribution is 0.657. The van der Waals surface area contributed by atoms with E-state index in [-0.39, 0.29) is 5.41 Å². The molecular formula is C8H10. The van der Waals surface area contributed by atoms with Crippen molar-refractivity contribution in [2.75, 3.05) is 0 Å². The molecule has 0 amide bonds. The lowest BCUT2D eigenvalue weighted by Crippen LogP contribution is -2.00. The molecule has 0 aromatic heterocycles. The Morgan fingerprint density at radius 3 is 2.25 bits per heavy atom. The van der Waals surface area contributed by atoms with Crippen LogP contribution in [0.1, 0.15) is 13.8 Å². The molecule has 0 aromatic rings. The lowest BCUT2D eigenvalue weighted by atomic mass is 9.95. The molecule has 0 unspecified atom stereocenters. The summed E-state index contributed by atoms with van der Waals surface area (Å²) < 4.78 is 0.